The summed E-state index contributed by atoms with van der Waals surface area (Å²) >= 11 is 0. The number of hydrogen-bond acceptors (Lipinski definition) is 3. The van der Waals surface area contributed by atoms with Gasteiger partial charge in [0.15, 0.2) is 11.5 Å². The molecule has 1 atom stereocenters. The normalized spacial score (nSPS) is 16.0. The van der Waals surface area contributed by atoms with Gasteiger partial charge in [-0.15, -0.1) is 0 Å². The minimum Gasteiger partial charge on any atom is -0.486 e. The molecule has 1 aromatic rings. The van der Waals surface area contributed by atoms with Gasteiger partial charge in [0.05, 0.1) is 0 Å². The molecule has 3 nitrogen and oxygen atoms in total. The highest BCUT2D eigenvalue weighted by atomic mass is 16.6. The zero-order valence-electron chi connectivity index (χ0n) is 13.2. The highest BCUT2D eigenvalue weighted by Crippen LogP contribution is 2.39. The molecule has 112 valence electrons. The van der Waals surface area contributed by atoms with Gasteiger partial charge in [-0.25, -0.2) is 0 Å². The first-order chi connectivity index (χ1) is 9.51. The van der Waals surface area contributed by atoms with Gasteiger partial charge in [-0.05, 0) is 30.9 Å². The summed E-state index contributed by atoms with van der Waals surface area (Å²) in [5.74, 6) is 1.81. The molecule has 0 spiro atoms. The molecule has 0 fully saturated rings. The lowest BCUT2D eigenvalue weighted by atomic mass is 9.87. The number of ether oxygens (including phenoxy) is 2. The van der Waals surface area contributed by atoms with Crippen molar-refractivity contribution in [3.63, 3.8) is 0 Å². The minimum absolute atomic E-state index is 0.330. The molecule has 1 aliphatic rings. The Morgan fingerprint density at radius 2 is 1.95 bits per heavy atom. The molecule has 1 aromatic carbocycles. The van der Waals surface area contributed by atoms with Crippen LogP contribution in [0.2, 0.25) is 0 Å². The van der Waals surface area contributed by atoms with Crippen LogP contribution in [-0.4, -0.2) is 19.8 Å². The van der Waals surface area contributed by atoms with Gasteiger partial charge < -0.3 is 14.8 Å². The SMILES string of the molecule is CCNC(CCC(C)(C)C)c1cccc2c1OCCO2. The maximum Gasteiger partial charge on any atom is 0.166 e. The molecule has 1 N–H and O–H groups in total. The molecular weight excluding hydrogens is 250 g/mol. The van der Waals surface area contributed by atoms with Crippen molar-refractivity contribution < 1.29 is 9.47 Å². The summed E-state index contributed by atoms with van der Waals surface area (Å²) in [6.07, 6.45) is 2.28. The molecule has 0 bridgehead atoms. The van der Waals surface area contributed by atoms with Gasteiger partial charge >= 0.3 is 0 Å². The first-order valence-electron chi connectivity index (χ1n) is 7.63. The Hall–Kier alpha value is -1.22. The Morgan fingerprint density at radius 1 is 1.20 bits per heavy atom. The van der Waals surface area contributed by atoms with Crippen molar-refractivity contribution in [3.05, 3.63) is 23.8 Å². The second-order valence-corrected chi connectivity index (χ2v) is 6.58. The van der Waals surface area contributed by atoms with Gasteiger partial charge in [0, 0.05) is 11.6 Å². The van der Waals surface area contributed by atoms with E-state index in [0.717, 1.165) is 24.5 Å². The van der Waals surface area contributed by atoms with Gasteiger partial charge in [-0.1, -0.05) is 39.8 Å². The summed E-state index contributed by atoms with van der Waals surface area (Å²) in [4.78, 5) is 0. The molecule has 2 rings (SSSR count). The van der Waals surface area contributed by atoms with E-state index in [0.29, 0.717) is 24.7 Å². The topological polar surface area (TPSA) is 30.5 Å². The molecule has 20 heavy (non-hydrogen) atoms. The maximum absolute atomic E-state index is 5.85. The van der Waals surface area contributed by atoms with Crippen LogP contribution in [0.3, 0.4) is 0 Å². The van der Waals surface area contributed by atoms with E-state index in [1.165, 1.54) is 12.0 Å². The summed E-state index contributed by atoms with van der Waals surface area (Å²) < 4.78 is 11.5. The second kappa shape index (κ2) is 6.49. The largest absolute Gasteiger partial charge is 0.486 e. The third-order valence-corrected chi connectivity index (χ3v) is 3.61. The van der Waals surface area contributed by atoms with E-state index in [1.807, 2.05) is 6.07 Å². The standard InChI is InChI=1S/C17H27NO2/c1-5-18-14(9-10-17(2,3)4)13-7-6-8-15-16(13)20-12-11-19-15/h6-8,14,18H,5,9-12H2,1-4H3. The molecule has 1 unspecified atom stereocenters. The smallest absolute Gasteiger partial charge is 0.166 e. The fourth-order valence-electron chi connectivity index (χ4n) is 2.56. The van der Waals surface area contributed by atoms with Crippen LogP contribution < -0.4 is 14.8 Å². The van der Waals surface area contributed by atoms with Gasteiger partial charge in [-0.2, -0.15) is 0 Å². The van der Waals surface area contributed by atoms with E-state index >= 15 is 0 Å². The van der Waals surface area contributed by atoms with Crippen molar-refractivity contribution in [1.82, 2.24) is 5.32 Å². The average Bonchev–Trinajstić information content (AvgIpc) is 2.42. The van der Waals surface area contributed by atoms with Crippen LogP contribution in [0.4, 0.5) is 0 Å². The second-order valence-electron chi connectivity index (χ2n) is 6.58. The van der Waals surface area contributed by atoms with Crippen molar-refractivity contribution >= 4 is 0 Å². The third kappa shape index (κ3) is 3.89. The molecule has 1 aliphatic heterocycles. The van der Waals surface area contributed by atoms with Crippen molar-refractivity contribution in [2.75, 3.05) is 19.8 Å². The van der Waals surface area contributed by atoms with E-state index in [4.69, 9.17) is 9.47 Å². The van der Waals surface area contributed by atoms with Gasteiger partial charge in [0.2, 0.25) is 0 Å². The number of para-hydroxylation sites is 1. The fourth-order valence-corrected chi connectivity index (χ4v) is 2.56. The molecular formula is C17H27NO2. The number of fused-ring (bicyclic) bond motifs is 1. The highest BCUT2D eigenvalue weighted by Gasteiger charge is 2.23. The van der Waals surface area contributed by atoms with Gasteiger partial charge in [0.25, 0.3) is 0 Å². The Labute approximate surface area is 122 Å². The van der Waals surface area contributed by atoms with E-state index in [2.05, 4.69) is 45.1 Å². The lowest BCUT2D eigenvalue weighted by Gasteiger charge is -2.28. The summed E-state index contributed by atoms with van der Waals surface area (Å²) in [6, 6.07) is 6.54. The monoisotopic (exact) mass is 277 g/mol. The van der Waals surface area contributed by atoms with Crippen LogP contribution in [0.1, 0.15) is 52.1 Å². The molecule has 0 saturated heterocycles. The van der Waals surface area contributed by atoms with Crippen LogP contribution in [0.5, 0.6) is 11.5 Å². The molecule has 0 aromatic heterocycles. The molecule has 3 heteroatoms. The van der Waals surface area contributed by atoms with E-state index in [9.17, 15) is 0 Å². The minimum atomic E-state index is 0.330. The van der Waals surface area contributed by atoms with Crippen molar-refractivity contribution in [3.8, 4) is 11.5 Å². The van der Waals surface area contributed by atoms with E-state index in [1.54, 1.807) is 0 Å². The first kappa shape index (κ1) is 15.2. The maximum atomic E-state index is 5.85. The summed E-state index contributed by atoms with van der Waals surface area (Å²) in [5, 5.41) is 3.59. The molecule has 0 saturated carbocycles. The Morgan fingerprint density at radius 3 is 2.65 bits per heavy atom. The summed E-state index contributed by atoms with van der Waals surface area (Å²) in [7, 11) is 0. The number of rotatable bonds is 5. The third-order valence-electron chi connectivity index (χ3n) is 3.61. The fraction of sp³-hybridized carbons (Fsp3) is 0.647. The van der Waals surface area contributed by atoms with Crippen LogP contribution in [0, 0.1) is 5.41 Å². The summed E-state index contributed by atoms with van der Waals surface area (Å²) in [6.45, 7) is 11.3. The zero-order chi connectivity index (χ0) is 14.6. The van der Waals surface area contributed by atoms with Crippen LogP contribution in [0.15, 0.2) is 18.2 Å². The Bertz CT molecular complexity index is 437. The lowest BCUT2D eigenvalue weighted by molar-refractivity contribution is 0.168. The quantitative estimate of drug-likeness (QED) is 0.884. The van der Waals surface area contributed by atoms with Crippen molar-refractivity contribution in [2.45, 2.75) is 46.6 Å². The van der Waals surface area contributed by atoms with Crippen LogP contribution >= 0.6 is 0 Å². The number of benzene rings is 1. The molecule has 1 heterocycles. The van der Waals surface area contributed by atoms with E-state index in [-0.39, 0.29) is 0 Å². The van der Waals surface area contributed by atoms with Crippen LogP contribution in [0.25, 0.3) is 0 Å². The first-order valence-corrected chi connectivity index (χ1v) is 7.63. The molecule has 0 amide bonds. The highest BCUT2D eigenvalue weighted by molar-refractivity contribution is 5.48. The van der Waals surface area contributed by atoms with E-state index < -0.39 is 0 Å². The van der Waals surface area contributed by atoms with Crippen molar-refractivity contribution in [1.29, 1.82) is 0 Å². The summed E-state index contributed by atoms with van der Waals surface area (Å²) in [5.41, 5.74) is 1.58. The zero-order valence-corrected chi connectivity index (χ0v) is 13.2. The predicted octanol–water partition coefficient (Wildman–Crippen LogP) is 3.93. The Kier molecular flexibility index (Phi) is 4.92. The predicted molar refractivity (Wildman–Crippen MR) is 82.5 cm³/mol. The van der Waals surface area contributed by atoms with Crippen LogP contribution in [-0.2, 0) is 0 Å². The number of nitrogens with one attached hydrogen (secondary N) is 1. The molecule has 0 radical (unpaired) electrons. The lowest BCUT2D eigenvalue weighted by Crippen LogP contribution is -2.25. The average molecular weight is 277 g/mol. The van der Waals surface area contributed by atoms with Gasteiger partial charge in [-0.3, -0.25) is 0 Å². The van der Waals surface area contributed by atoms with Crippen molar-refractivity contribution in [2.24, 2.45) is 5.41 Å². The number of hydrogen-bond donors (Lipinski definition) is 1. The van der Waals surface area contributed by atoms with Gasteiger partial charge in [0.1, 0.15) is 13.2 Å². The Balaban J connectivity index is 2.20. The molecule has 0 aliphatic carbocycles.